The van der Waals surface area contributed by atoms with E-state index >= 15 is 0 Å². The second-order valence-electron chi connectivity index (χ2n) is 4.38. The maximum Gasteiger partial charge on any atom is 0.389 e. The van der Waals surface area contributed by atoms with Gasteiger partial charge in [0.2, 0.25) is 5.91 Å². The van der Waals surface area contributed by atoms with E-state index in [2.05, 4.69) is 5.32 Å². The predicted octanol–water partition coefficient (Wildman–Crippen LogP) is 2.28. The van der Waals surface area contributed by atoms with Crippen molar-refractivity contribution in [2.45, 2.75) is 51.2 Å². The first kappa shape index (κ1) is 14.3. The fourth-order valence-corrected chi connectivity index (χ4v) is 1.94. The van der Waals surface area contributed by atoms with Crippen molar-refractivity contribution in [1.29, 1.82) is 0 Å². The van der Waals surface area contributed by atoms with Crippen LogP contribution >= 0.6 is 0 Å². The van der Waals surface area contributed by atoms with Crippen molar-refractivity contribution in [2.75, 3.05) is 13.2 Å². The monoisotopic (exact) mass is 252 g/mol. The number of unbranched alkanes of at least 4 members (excludes halogenated alkanes) is 1. The molecule has 3 nitrogen and oxygen atoms in total. The minimum Gasteiger partial charge on any atom is -0.329 e. The van der Waals surface area contributed by atoms with Crippen LogP contribution < -0.4 is 5.32 Å². The highest BCUT2D eigenvalue weighted by Gasteiger charge is 2.30. The number of nitrogens with zero attached hydrogens (tertiary/aromatic N) is 1. The van der Waals surface area contributed by atoms with Crippen molar-refractivity contribution in [3.63, 3.8) is 0 Å². The molecule has 1 fully saturated rings. The molecule has 1 N–H and O–H groups in total. The van der Waals surface area contributed by atoms with Gasteiger partial charge in [-0.15, -0.1) is 0 Å². The van der Waals surface area contributed by atoms with Crippen LogP contribution in [-0.4, -0.2) is 36.2 Å². The molecular formula is C11H19F3N2O. The van der Waals surface area contributed by atoms with E-state index in [1.807, 2.05) is 6.92 Å². The summed E-state index contributed by atoms with van der Waals surface area (Å²) in [6.07, 6.45) is -2.64. The zero-order valence-electron chi connectivity index (χ0n) is 10.0. The molecule has 0 spiro atoms. The Morgan fingerprint density at radius 2 is 2.12 bits per heavy atom. The van der Waals surface area contributed by atoms with Gasteiger partial charge in [0.05, 0.1) is 12.7 Å². The summed E-state index contributed by atoms with van der Waals surface area (Å²) in [6, 6.07) is -0.136. The van der Waals surface area contributed by atoms with Gasteiger partial charge in [-0.2, -0.15) is 13.2 Å². The summed E-state index contributed by atoms with van der Waals surface area (Å²) in [4.78, 5) is 13.3. The lowest BCUT2D eigenvalue weighted by molar-refractivity contribution is -0.136. The van der Waals surface area contributed by atoms with Gasteiger partial charge in [0.25, 0.3) is 0 Å². The van der Waals surface area contributed by atoms with E-state index in [-0.39, 0.29) is 18.4 Å². The van der Waals surface area contributed by atoms with Crippen LogP contribution in [0.4, 0.5) is 13.2 Å². The molecule has 0 aliphatic carbocycles. The molecule has 0 aromatic rings. The second-order valence-corrected chi connectivity index (χ2v) is 4.38. The number of nitrogens with one attached hydrogen (secondary N) is 1. The Labute approximate surface area is 99.4 Å². The molecule has 1 saturated heterocycles. The third-order valence-electron chi connectivity index (χ3n) is 2.85. The fraction of sp³-hybridized carbons (Fsp3) is 0.909. The van der Waals surface area contributed by atoms with Crippen LogP contribution in [-0.2, 0) is 4.79 Å². The molecule has 1 amide bonds. The van der Waals surface area contributed by atoms with E-state index < -0.39 is 12.6 Å². The number of halogens is 3. The summed E-state index contributed by atoms with van der Waals surface area (Å²) < 4.78 is 35.7. The molecule has 1 atom stereocenters. The summed E-state index contributed by atoms with van der Waals surface area (Å²) in [6.45, 7) is 2.89. The van der Waals surface area contributed by atoms with Gasteiger partial charge in [-0.1, -0.05) is 13.3 Å². The third kappa shape index (κ3) is 4.93. The lowest BCUT2D eigenvalue weighted by Crippen LogP contribution is -2.31. The van der Waals surface area contributed by atoms with Crippen LogP contribution in [0.1, 0.15) is 39.0 Å². The van der Waals surface area contributed by atoms with Crippen LogP contribution in [0.25, 0.3) is 0 Å². The zero-order chi connectivity index (χ0) is 12.9. The molecule has 1 unspecified atom stereocenters. The lowest BCUT2D eigenvalue weighted by atomic mass is 10.1. The van der Waals surface area contributed by atoms with Crippen LogP contribution in [0, 0.1) is 0 Å². The fourth-order valence-electron chi connectivity index (χ4n) is 1.94. The van der Waals surface area contributed by atoms with Crippen LogP contribution in [0.3, 0.4) is 0 Å². The Morgan fingerprint density at radius 3 is 2.71 bits per heavy atom. The van der Waals surface area contributed by atoms with Crippen molar-refractivity contribution in [3.8, 4) is 0 Å². The predicted molar refractivity (Wildman–Crippen MR) is 58.3 cm³/mol. The molecule has 1 aliphatic rings. The summed E-state index contributed by atoms with van der Waals surface area (Å²) in [5, 5.41) is 3.07. The standard InChI is InChI=1S/C11H19F3N2O/c1-2-5-9-10(17)16(8-15-9)7-4-3-6-11(12,13)14/h9,15H,2-8H2,1H3. The maximum atomic E-state index is 11.9. The van der Waals surface area contributed by atoms with Crippen LogP contribution in [0.5, 0.6) is 0 Å². The van der Waals surface area contributed by atoms with Gasteiger partial charge in [0.1, 0.15) is 0 Å². The quantitative estimate of drug-likeness (QED) is 0.735. The van der Waals surface area contributed by atoms with Gasteiger partial charge < -0.3 is 4.90 Å². The lowest BCUT2D eigenvalue weighted by Gasteiger charge is -2.15. The first-order valence-corrected chi connectivity index (χ1v) is 6.03. The summed E-state index contributed by atoms with van der Waals surface area (Å²) in [5.74, 6) is 0.0267. The average Bonchev–Trinajstić information content (AvgIpc) is 2.55. The van der Waals surface area contributed by atoms with E-state index in [1.165, 1.54) is 0 Å². The van der Waals surface area contributed by atoms with Gasteiger partial charge in [-0.05, 0) is 19.3 Å². The minimum atomic E-state index is -4.09. The number of rotatable bonds is 6. The van der Waals surface area contributed by atoms with Gasteiger partial charge in [0.15, 0.2) is 0 Å². The average molecular weight is 252 g/mol. The highest BCUT2D eigenvalue weighted by atomic mass is 19.4. The number of hydrogen-bond acceptors (Lipinski definition) is 2. The molecule has 100 valence electrons. The second kappa shape index (κ2) is 6.23. The minimum absolute atomic E-state index is 0.0267. The molecular weight excluding hydrogens is 233 g/mol. The van der Waals surface area contributed by atoms with Crippen molar-refractivity contribution >= 4 is 5.91 Å². The molecule has 1 heterocycles. The highest BCUT2D eigenvalue weighted by molar-refractivity contribution is 5.83. The molecule has 0 bridgehead atoms. The van der Waals surface area contributed by atoms with Crippen molar-refractivity contribution in [3.05, 3.63) is 0 Å². The zero-order valence-corrected chi connectivity index (χ0v) is 10.0. The molecule has 0 saturated carbocycles. The smallest absolute Gasteiger partial charge is 0.329 e. The Hall–Kier alpha value is -0.780. The highest BCUT2D eigenvalue weighted by Crippen LogP contribution is 2.22. The molecule has 0 radical (unpaired) electrons. The van der Waals surface area contributed by atoms with E-state index in [9.17, 15) is 18.0 Å². The summed E-state index contributed by atoms with van der Waals surface area (Å²) in [5.41, 5.74) is 0. The third-order valence-corrected chi connectivity index (χ3v) is 2.85. The number of amides is 1. The topological polar surface area (TPSA) is 32.3 Å². The summed E-state index contributed by atoms with van der Waals surface area (Å²) >= 11 is 0. The number of carbonyl (C=O) groups is 1. The maximum absolute atomic E-state index is 11.9. The Balaban J connectivity index is 2.19. The van der Waals surface area contributed by atoms with E-state index in [4.69, 9.17) is 0 Å². The molecule has 0 aromatic carbocycles. The largest absolute Gasteiger partial charge is 0.389 e. The molecule has 17 heavy (non-hydrogen) atoms. The normalized spacial score (nSPS) is 21.3. The van der Waals surface area contributed by atoms with Crippen molar-refractivity contribution in [1.82, 2.24) is 10.2 Å². The first-order valence-electron chi connectivity index (χ1n) is 6.03. The first-order chi connectivity index (χ1) is 7.94. The van der Waals surface area contributed by atoms with Gasteiger partial charge in [0, 0.05) is 13.0 Å². The number of carbonyl (C=O) groups excluding carboxylic acids is 1. The molecule has 1 aliphatic heterocycles. The number of alkyl halides is 3. The van der Waals surface area contributed by atoms with Crippen molar-refractivity contribution < 1.29 is 18.0 Å². The van der Waals surface area contributed by atoms with Gasteiger partial charge >= 0.3 is 6.18 Å². The SMILES string of the molecule is CCCC1NCN(CCCCC(F)(F)F)C1=O. The molecule has 1 rings (SSSR count). The Bertz CT molecular complexity index is 256. The Kier molecular flexibility index (Phi) is 5.24. The number of hydrogen-bond donors (Lipinski definition) is 1. The van der Waals surface area contributed by atoms with E-state index in [1.54, 1.807) is 4.90 Å². The van der Waals surface area contributed by atoms with Gasteiger partial charge in [-0.3, -0.25) is 10.1 Å². The van der Waals surface area contributed by atoms with Gasteiger partial charge in [-0.25, -0.2) is 0 Å². The Morgan fingerprint density at radius 1 is 1.41 bits per heavy atom. The van der Waals surface area contributed by atoms with Crippen molar-refractivity contribution in [2.24, 2.45) is 0 Å². The molecule has 6 heteroatoms. The van der Waals surface area contributed by atoms with Crippen LogP contribution in [0.2, 0.25) is 0 Å². The molecule has 0 aromatic heterocycles. The van der Waals surface area contributed by atoms with Crippen LogP contribution in [0.15, 0.2) is 0 Å². The van der Waals surface area contributed by atoms with E-state index in [0.717, 1.165) is 12.8 Å². The van der Waals surface area contributed by atoms with E-state index in [0.29, 0.717) is 19.6 Å². The summed E-state index contributed by atoms with van der Waals surface area (Å²) in [7, 11) is 0.